The monoisotopic (exact) mass is 422 g/mol. The highest BCUT2D eigenvalue weighted by Gasteiger charge is 2.23. The largest absolute Gasteiger partial charge is 0.329 e. The van der Waals surface area contributed by atoms with Crippen LogP contribution in [0.25, 0.3) is 6.08 Å². The minimum atomic E-state index is -0.284. The summed E-state index contributed by atoms with van der Waals surface area (Å²) in [4.78, 5) is 19.2. The fourth-order valence-corrected chi connectivity index (χ4v) is 3.70. The van der Waals surface area contributed by atoms with Crippen molar-refractivity contribution in [3.05, 3.63) is 88.5 Å². The predicted octanol–water partition coefficient (Wildman–Crippen LogP) is 5.30. The van der Waals surface area contributed by atoms with Crippen molar-refractivity contribution in [1.29, 1.82) is 0 Å². The number of halogens is 1. The molecule has 2 aromatic heterocycles. The molecule has 1 unspecified atom stereocenters. The molecule has 3 rings (SSSR count). The van der Waals surface area contributed by atoms with E-state index in [9.17, 15) is 4.79 Å². The van der Waals surface area contributed by atoms with Crippen LogP contribution >= 0.6 is 11.6 Å². The van der Waals surface area contributed by atoms with Gasteiger partial charge in [0.05, 0.1) is 17.4 Å². The molecule has 1 aromatic carbocycles. The van der Waals surface area contributed by atoms with Crippen molar-refractivity contribution >= 4 is 23.6 Å². The Labute approximate surface area is 183 Å². The first-order valence-electron chi connectivity index (χ1n) is 10.2. The van der Waals surface area contributed by atoms with Crippen molar-refractivity contribution in [3.8, 4) is 0 Å². The molecule has 2 heterocycles. The zero-order valence-corrected chi connectivity index (χ0v) is 18.4. The van der Waals surface area contributed by atoms with Gasteiger partial charge >= 0.3 is 0 Å². The molecular formula is C24H27ClN4O. The van der Waals surface area contributed by atoms with Gasteiger partial charge < -0.3 is 4.90 Å². The van der Waals surface area contributed by atoms with Crippen LogP contribution in [0.4, 0.5) is 0 Å². The third-order valence-corrected chi connectivity index (χ3v) is 5.44. The van der Waals surface area contributed by atoms with Crippen LogP contribution in [-0.4, -0.2) is 32.6 Å². The molecule has 1 atom stereocenters. The molecule has 0 saturated heterocycles. The average Bonchev–Trinajstić information content (AvgIpc) is 3.04. The van der Waals surface area contributed by atoms with E-state index < -0.39 is 0 Å². The van der Waals surface area contributed by atoms with Gasteiger partial charge in [0.25, 0.3) is 0 Å². The number of unbranched alkanes of at least 4 members (excludes halogenated alkanes) is 1. The summed E-state index contributed by atoms with van der Waals surface area (Å²) in [6.07, 6.45) is 7.13. The van der Waals surface area contributed by atoms with Gasteiger partial charge in [-0.1, -0.05) is 61.3 Å². The summed E-state index contributed by atoms with van der Waals surface area (Å²) in [5, 5.41) is 5.07. The SMILES string of the molecule is CCCCn1nc(C)c(C=CC(=O)N(C)C(c2ccccc2)c2ccccn2)c1Cl. The molecule has 0 fully saturated rings. The van der Waals surface area contributed by atoms with Crippen LogP contribution in [-0.2, 0) is 11.3 Å². The number of hydrogen-bond acceptors (Lipinski definition) is 3. The van der Waals surface area contributed by atoms with E-state index in [4.69, 9.17) is 11.6 Å². The quantitative estimate of drug-likeness (QED) is 0.463. The first kappa shape index (κ1) is 21.8. The Balaban J connectivity index is 1.85. The third kappa shape index (κ3) is 4.97. The van der Waals surface area contributed by atoms with E-state index in [2.05, 4.69) is 17.0 Å². The van der Waals surface area contributed by atoms with Crippen LogP contribution < -0.4 is 0 Å². The second-order valence-corrected chi connectivity index (χ2v) is 7.57. The number of aryl methyl sites for hydroxylation is 2. The number of aromatic nitrogens is 3. The number of amides is 1. The summed E-state index contributed by atoms with van der Waals surface area (Å²) in [5.74, 6) is -0.133. The molecule has 0 aliphatic heterocycles. The molecule has 30 heavy (non-hydrogen) atoms. The summed E-state index contributed by atoms with van der Waals surface area (Å²) in [6, 6.07) is 15.4. The molecule has 3 aromatic rings. The molecule has 5 nitrogen and oxygen atoms in total. The Morgan fingerprint density at radius 3 is 2.60 bits per heavy atom. The zero-order chi connectivity index (χ0) is 21.5. The van der Waals surface area contributed by atoms with Crippen molar-refractivity contribution < 1.29 is 4.79 Å². The first-order valence-corrected chi connectivity index (χ1v) is 10.5. The number of benzene rings is 1. The molecule has 0 N–H and O–H groups in total. The first-order chi connectivity index (χ1) is 14.5. The van der Waals surface area contributed by atoms with Crippen LogP contribution in [0.15, 0.2) is 60.8 Å². The molecule has 1 amide bonds. The van der Waals surface area contributed by atoms with Crippen molar-refractivity contribution in [2.45, 2.75) is 39.3 Å². The topological polar surface area (TPSA) is 51.0 Å². The highest BCUT2D eigenvalue weighted by Crippen LogP contribution is 2.27. The van der Waals surface area contributed by atoms with Crippen molar-refractivity contribution in [1.82, 2.24) is 19.7 Å². The van der Waals surface area contributed by atoms with Gasteiger partial charge in [-0.2, -0.15) is 5.10 Å². The third-order valence-electron chi connectivity index (χ3n) is 5.04. The van der Waals surface area contributed by atoms with Crippen LogP contribution in [0.1, 0.15) is 48.3 Å². The van der Waals surface area contributed by atoms with Gasteiger partial charge in [0.1, 0.15) is 5.15 Å². The number of nitrogens with zero attached hydrogens (tertiary/aromatic N) is 4. The van der Waals surface area contributed by atoms with Gasteiger partial charge in [-0.15, -0.1) is 0 Å². The van der Waals surface area contributed by atoms with Gasteiger partial charge in [0.15, 0.2) is 0 Å². The van der Waals surface area contributed by atoms with Crippen molar-refractivity contribution in [2.24, 2.45) is 0 Å². The van der Waals surface area contributed by atoms with E-state index in [1.807, 2.05) is 55.5 Å². The Morgan fingerprint density at radius 2 is 1.93 bits per heavy atom. The Hall–Kier alpha value is -2.92. The number of likely N-dealkylation sites (N-methyl/N-ethyl adjacent to an activating group) is 1. The summed E-state index contributed by atoms with van der Waals surface area (Å²) < 4.78 is 1.80. The maximum Gasteiger partial charge on any atom is 0.247 e. The maximum absolute atomic E-state index is 13.0. The van der Waals surface area contributed by atoms with Crippen LogP contribution in [0.2, 0.25) is 5.15 Å². The lowest BCUT2D eigenvalue weighted by molar-refractivity contribution is -0.126. The van der Waals surface area contributed by atoms with E-state index in [-0.39, 0.29) is 11.9 Å². The molecule has 0 saturated carbocycles. The normalized spacial score (nSPS) is 12.3. The molecule has 6 heteroatoms. The number of rotatable bonds is 8. The number of carbonyl (C=O) groups excluding carboxylic acids is 1. The van der Waals surface area contributed by atoms with Gasteiger partial charge in [-0.05, 0) is 37.1 Å². The Bertz CT molecular complexity index is 959. The summed E-state index contributed by atoms with van der Waals surface area (Å²) >= 11 is 6.50. The van der Waals surface area contributed by atoms with Gasteiger partial charge in [-0.3, -0.25) is 14.5 Å². The second kappa shape index (κ2) is 10.2. The maximum atomic E-state index is 13.0. The number of pyridine rings is 1. The highest BCUT2D eigenvalue weighted by molar-refractivity contribution is 6.31. The predicted molar refractivity (Wildman–Crippen MR) is 121 cm³/mol. The van der Waals surface area contributed by atoms with Crippen molar-refractivity contribution in [2.75, 3.05) is 7.05 Å². The molecular weight excluding hydrogens is 396 g/mol. The van der Waals surface area contributed by atoms with Gasteiger partial charge in [0.2, 0.25) is 5.91 Å². The Kier molecular flexibility index (Phi) is 7.41. The van der Waals surface area contributed by atoms with Crippen molar-refractivity contribution in [3.63, 3.8) is 0 Å². The zero-order valence-electron chi connectivity index (χ0n) is 17.6. The summed E-state index contributed by atoms with van der Waals surface area (Å²) in [6.45, 7) is 4.81. The second-order valence-electron chi connectivity index (χ2n) is 7.22. The van der Waals surface area contributed by atoms with Gasteiger partial charge in [0, 0.05) is 31.4 Å². The lowest BCUT2D eigenvalue weighted by Gasteiger charge is -2.27. The fourth-order valence-electron chi connectivity index (χ4n) is 3.38. The minimum absolute atomic E-state index is 0.133. The van der Waals surface area contributed by atoms with Crippen LogP contribution in [0, 0.1) is 6.92 Å². The fraction of sp³-hybridized carbons (Fsp3) is 0.292. The van der Waals surface area contributed by atoms with E-state index in [1.165, 1.54) is 0 Å². The lowest BCUT2D eigenvalue weighted by Crippen LogP contribution is -2.31. The molecule has 156 valence electrons. The van der Waals surface area contributed by atoms with E-state index in [0.29, 0.717) is 5.15 Å². The van der Waals surface area contributed by atoms with Crippen LogP contribution in [0.3, 0.4) is 0 Å². The molecule has 0 aliphatic rings. The average molecular weight is 423 g/mol. The summed E-state index contributed by atoms with van der Waals surface area (Å²) in [5.41, 5.74) is 3.41. The standard InChI is InChI=1S/C24H27ClN4O/c1-4-5-17-29-24(25)20(18(2)27-29)14-15-22(30)28(3)23(19-11-7-6-8-12-19)21-13-9-10-16-26-21/h6-16,23H,4-5,17H2,1-3H3. The molecule has 0 aliphatic carbocycles. The highest BCUT2D eigenvalue weighted by atomic mass is 35.5. The van der Waals surface area contributed by atoms with Crippen LogP contribution in [0.5, 0.6) is 0 Å². The smallest absolute Gasteiger partial charge is 0.247 e. The number of hydrogen-bond donors (Lipinski definition) is 0. The van der Waals surface area contributed by atoms with E-state index in [0.717, 1.165) is 41.9 Å². The van der Waals surface area contributed by atoms with E-state index >= 15 is 0 Å². The Morgan fingerprint density at radius 1 is 1.20 bits per heavy atom. The summed E-state index contributed by atoms with van der Waals surface area (Å²) in [7, 11) is 1.79. The molecule has 0 bridgehead atoms. The lowest BCUT2D eigenvalue weighted by atomic mass is 10.0. The van der Waals surface area contributed by atoms with E-state index in [1.54, 1.807) is 35.0 Å². The minimum Gasteiger partial charge on any atom is -0.329 e. The molecule has 0 spiro atoms. The molecule has 0 radical (unpaired) electrons. The number of carbonyl (C=O) groups is 1. The van der Waals surface area contributed by atoms with Gasteiger partial charge in [-0.25, -0.2) is 0 Å².